The molecular weight excluding hydrogens is 342 g/mol. The molecule has 4 rings (SSSR count). The topological polar surface area (TPSA) is 63.1 Å². The van der Waals surface area contributed by atoms with E-state index in [0.717, 1.165) is 32.5 Å². The zero-order chi connectivity index (χ0) is 17.6. The maximum atomic E-state index is 4.65. The van der Waals surface area contributed by atoms with Crippen LogP contribution in [-0.2, 0) is 0 Å². The summed E-state index contributed by atoms with van der Waals surface area (Å²) < 4.78 is 0. The van der Waals surface area contributed by atoms with Gasteiger partial charge in [0.2, 0.25) is 0 Å². The smallest absolute Gasteiger partial charge is 0.125 e. The number of nitrogens with zero attached hydrogens (tertiary/aromatic N) is 4. The van der Waals surface area contributed by atoms with Gasteiger partial charge in [0, 0.05) is 24.2 Å². The standard InChI is InChI=1S/C20H15N5S/c1-2-7-16(8-3-1)25-23-13-17-9-4-10-18(24-17)19-14-22-20(26-19)15-6-5-11-21-12-15/h1-14,25H/b23-13+. The molecule has 0 unspecified atom stereocenters. The van der Waals surface area contributed by atoms with Crippen LogP contribution in [0.25, 0.3) is 21.1 Å². The van der Waals surface area contributed by atoms with Gasteiger partial charge in [-0.15, -0.1) is 11.3 Å². The summed E-state index contributed by atoms with van der Waals surface area (Å²) in [7, 11) is 0. The van der Waals surface area contributed by atoms with Crippen molar-refractivity contribution in [1.29, 1.82) is 0 Å². The number of rotatable bonds is 5. The Hall–Kier alpha value is -3.38. The van der Waals surface area contributed by atoms with Crippen LogP contribution in [0.2, 0.25) is 0 Å². The number of hydrazone groups is 1. The molecule has 3 aromatic heterocycles. The third-order valence-corrected chi connectivity index (χ3v) is 4.67. The predicted molar refractivity (Wildman–Crippen MR) is 106 cm³/mol. The van der Waals surface area contributed by atoms with Crippen molar-refractivity contribution in [2.75, 3.05) is 5.43 Å². The molecule has 0 aliphatic carbocycles. The molecular formula is C20H15N5S. The number of benzene rings is 1. The Morgan fingerprint density at radius 3 is 2.69 bits per heavy atom. The fourth-order valence-corrected chi connectivity index (χ4v) is 3.24. The van der Waals surface area contributed by atoms with E-state index in [4.69, 9.17) is 0 Å². The van der Waals surface area contributed by atoms with Gasteiger partial charge in [0.25, 0.3) is 0 Å². The van der Waals surface area contributed by atoms with E-state index in [1.807, 2.05) is 73.1 Å². The number of hydrogen-bond acceptors (Lipinski definition) is 6. The molecule has 0 aliphatic heterocycles. The highest BCUT2D eigenvalue weighted by Crippen LogP contribution is 2.30. The molecule has 4 aromatic rings. The van der Waals surface area contributed by atoms with Crippen LogP contribution in [0, 0.1) is 0 Å². The minimum absolute atomic E-state index is 0.780. The van der Waals surface area contributed by atoms with Crippen molar-refractivity contribution >= 4 is 23.2 Å². The number of thiazole rings is 1. The second kappa shape index (κ2) is 7.67. The lowest BCUT2D eigenvalue weighted by molar-refractivity contribution is 1.28. The molecule has 6 heteroatoms. The Morgan fingerprint density at radius 1 is 0.923 bits per heavy atom. The number of para-hydroxylation sites is 1. The molecule has 3 heterocycles. The zero-order valence-electron chi connectivity index (χ0n) is 13.8. The summed E-state index contributed by atoms with van der Waals surface area (Å²) in [6.45, 7) is 0. The minimum Gasteiger partial charge on any atom is -0.278 e. The van der Waals surface area contributed by atoms with Gasteiger partial charge in [-0.3, -0.25) is 10.4 Å². The van der Waals surface area contributed by atoms with Gasteiger partial charge in [0.15, 0.2) is 0 Å². The number of nitrogens with one attached hydrogen (secondary N) is 1. The van der Waals surface area contributed by atoms with Crippen LogP contribution in [0.1, 0.15) is 5.69 Å². The molecule has 0 fully saturated rings. The van der Waals surface area contributed by atoms with E-state index in [2.05, 4.69) is 25.5 Å². The maximum absolute atomic E-state index is 4.65. The van der Waals surface area contributed by atoms with Crippen molar-refractivity contribution in [1.82, 2.24) is 15.0 Å². The molecule has 1 N–H and O–H groups in total. The van der Waals surface area contributed by atoms with E-state index >= 15 is 0 Å². The fourth-order valence-electron chi connectivity index (χ4n) is 2.36. The highest BCUT2D eigenvalue weighted by Gasteiger charge is 2.08. The Balaban J connectivity index is 1.52. The monoisotopic (exact) mass is 357 g/mol. The van der Waals surface area contributed by atoms with Gasteiger partial charge in [0.1, 0.15) is 5.01 Å². The van der Waals surface area contributed by atoms with Crippen LogP contribution < -0.4 is 5.43 Å². The molecule has 0 saturated carbocycles. The van der Waals surface area contributed by atoms with Crippen molar-refractivity contribution in [3.63, 3.8) is 0 Å². The first kappa shape index (κ1) is 16.1. The van der Waals surface area contributed by atoms with Gasteiger partial charge in [-0.05, 0) is 36.4 Å². The zero-order valence-corrected chi connectivity index (χ0v) is 14.6. The first-order valence-electron chi connectivity index (χ1n) is 8.06. The summed E-state index contributed by atoms with van der Waals surface area (Å²) in [5, 5.41) is 5.17. The van der Waals surface area contributed by atoms with Gasteiger partial charge in [-0.1, -0.05) is 24.3 Å². The van der Waals surface area contributed by atoms with Gasteiger partial charge >= 0.3 is 0 Å². The molecule has 0 radical (unpaired) electrons. The largest absolute Gasteiger partial charge is 0.278 e. The molecule has 0 aliphatic rings. The van der Waals surface area contributed by atoms with Crippen LogP contribution in [-0.4, -0.2) is 21.2 Å². The third-order valence-electron chi connectivity index (χ3n) is 3.60. The van der Waals surface area contributed by atoms with Gasteiger partial charge in [-0.25, -0.2) is 9.97 Å². The van der Waals surface area contributed by atoms with Crippen molar-refractivity contribution in [2.24, 2.45) is 5.10 Å². The van der Waals surface area contributed by atoms with E-state index in [1.54, 1.807) is 23.7 Å². The molecule has 126 valence electrons. The first-order valence-corrected chi connectivity index (χ1v) is 8.88. The maximum Gasteiger partial charge on any atom is 0.125 e. The summed E-state index contributed by atoms with van der Waals surface area (Å²) in [5.74, 6) is 0. The molecule has 0 atom stereocenters. The Kier molecular flexibility index (Phi) is 4.75. The van der Waals surface area contributed by atoms with Crippen LogP contribution >= 0.6 is 11.3 Å². The Labute approximate surface area is 155 Å². The molecule has 1 aromatic carbocycles. The molecule has 0 saturated heterocycles. The first-order chi connectivity index (χ1) is 12.9. The SMILES string of the molecule is C(=N\Nc1ccccc1)/c1cccc(-c2cnc(-c3cccnc3)s2)n1. The molecule has 0 amide bonds. The highest BCUT2D eigenvalue weighted by atomic mass is 32.1. The molecule has 26 heavy (non-hydrogen) atoms. The predicted octanol–water partition coefficient (Wildman–Crippen LogP) is 4.71. The molecule has 0 spiro atoms. The second-order valence-electron chi connectivity index (χ2n) is 5.46. The number of pyridine rings is 2. The second-order valence-corrected chi connectivity index (χ2v) is 6.49. The van der Waals surface area contributed by atoms with E-state index in [9.17, 15) is 0 Å². The minimum atomic E-state index is 0.780. The van der Waals surface area contributed by atoms with E-state index in [1.165, 1.54) is 0 Å². The average Bonchev–Trinajstić information content (AvgIpc) is 3.20. The van der Waals surface area contributed by atoms with Crippen molar-refractivity contribution in [3.05, 3.63) is 84.9 Å². The third kappa shape index (κ3) is 3.81. The van der Waals surface area contributed by atoms with E-state index in [0.29, 0.717) is 0 Å². The number of hydrogen-bond donors (Lipinski definition) is 1. The lowest BCUT2D eigenvalue weighted by Crippen LogP contribution is -1.93. The van der Waals surface area contributed by atoms with Gasteiger partial charge in [-0.2, -0.15) is 5.10 Å². The van der Waals surface area contributed by atoms with Gasteiger partial charge in [0.05, 0.1) is 28.2 Å². The lowest BCUT2D eigenvalue weighted by Gasteiger charge is -2.00. The Bertz CT molecular complexity index is 1010. The average molecular weight is 357 g/mol. The quantitative estimate of drug-likeness (QED) is 0.415. The van der Waals surface area contributed by atoms with Crippen molar-refractivity contribution < 1.29 is 0 Å². The normalized spacial score (nSPS) is 10.9. The lowest BCUT2D eigenvalue weighted by atomic mass is 10.3. The number of aromatic nitrogens is 3. The van der Waals surface area contributed by atoms with E-state index < -0.39 is 0 Å². The summed E-state index contributed by atoms with van der Waals surface area (Å²) in [5.41, 5.74) is 6.59. The van der Waals surface area contributed by atoms with Crippen molar-refractivity contribution in [3.8, 4) is 21.1 Å². The highest BCUT2D eigenvalue weighted by molar-refractivity contribution is 7.18. The van der Waals surface area contributed by atoms with Crippen LogP contribution in [0.4, 0.5) is 5.69 Å². The summed E-state index contributed by atoms with van der Waals surface area (Å²) in [4.78, 5) is 14.3. The number of anilines is 1. The van der Waals surface area contributed by atoms with Crippen LogP contribution in [0.3, 0.4) is 0 Å². The fraction of sp³-hybridized carbons (Fsp3) is 0. The van der Waals surface area contributed by atoms with Crippen LogP contribution in [0.5, 0.6) is 0 Å². The Morgan fingerprint density at radius 2 is 1.85 bits per heavy atom. The van der Waals surface area contributed by atoms with Crippen LogP contribution in [0.15, 0.2) is 84.4 Å². The summed E-state index contributed by atoms with van der Waals surface area (Å²) in [6, 6.07) is 19.6. The molecule has 0 bridgehead atoms. The summed E-state index contributed by atoms with van der Waals surface area (Å²) in [6.07, 6.45) is 7.12. The molecule has 5 nitrogen and oxygen atoms in total. The summed E-state index contributed by atoms with van der Waals surface area (Å²) >= 11 is 1.59. The van der Waals surface area contributed by atoms with E-state index in [-0.39, 0.29) is 0 Å². The van der Waals surface area contributed by atoms with Crippen molar-refractivity contribution in [2.45, 2.75) is 0 Å². The van der Waals surface area contributed by atoms with Gasteiger partial charge < -0.3 is 0 Å².